The lowest BCUT2D eigenvalue weighted by atomic mass is 10.0. The van der Waals surface area contributed by atoms with Gasteiger partial charge in [-0.2, -0.15) is 0 Å². The maximum atomic E-state index is 5.67. The van der Waals surface area contributed by atoms with E-state index in [1.54, 1.807) is 17.4 Å². The molecule has 0 amide bonds. The van der Waals surface area contributed by atoms with Crippen LogP contribution in [0.2, 0.25) is 0 Å². The molecule has 0 aliphatic carbocycles. The Morgan fingerprint density at radius 3 is 2.61 bits per heavy atom. The van der Waals surface area contributed by atoms with Gasteiger partial charge in [-0.05, 0) is 35.3 Å². The van der Waals surface area contributed by atoms with E-state index in [1.165, 1.54) is 16.0 Å². The van der Waals surface area contributed by atoms with Crippen molar-refractivity contribution in [3.63, 3.8) is 0 Å². The van der Waals surface area contributed by atoms with Crippen molar-refractivity contribution in [1.82, 2.24) is 0 Å². The molecule has 94 valence electrons. The molecule has 0 nitrogen and oxygen atoms in total. The maximum Gasteiger partial charge on any atom is 0.108 e. The summed E-state index contributed by atoms with van der Waals surface area (Å²) < 4.78 is 0.291. The third kappa shape index (κ3) is 3.38. The molecule has 0 saturated heterocycles. The number of benzene rings is 1. The molecule has 0 spiro atoms. The number of halogens is 2. The lowest BCUT2D eigenvalue weighted by Crippen LogP contribution is -1.86. The van der Waals surface area contributed by atoms with Crippen molar-refractivity contribution in [3.05, 3.63) is 51.3 Å². The van der Waals surface area contributed by atoms with Gasteiger partial charge in [-0.1, -0.05) is 61.3 Å². The Balaban J connectivity index is 2.34. The van der Waals surface area contributed by atoms with Crippen molar-refractivity contribution in [1.29, 1.82) is 0 Å². The Kier molecular flexibility index (Phi) is 4.50. The van der Waals surface area contributed by atoms with Crippen LogP contribution in [0.3, 0.4) is 0 Å². The van der Waals surface area contributed by atoms with Crippen molar-refractivity contribution < 1.29 is 0 Å². The molecule has 0 unspecified atom stereocenters. The average molecular weight is 297 g/mol. The second kappa shape index (κ2) is 5.92. The maximum absolute atomic E-state index is 5.67. The lowest BCUT2D eigenvalue weighted by molar-refractivity contribution is 0.867. The highest BCUT2D eigenvalue weighted by Gasteiger charge is 2.05. The normalized spacial score (nSPS) is 10.7. The molecule has 0 aliphatic rings. The third-order valence-electron chi connectivity index (χ3n) is 2.72. The Morgan fingerprint density at radius 1 is 1.17 bits per heavy atom. The minimum Gasteiger partial charge on any atom is -0.136 e. The Hall–Kier alpha value is -0.760. The SMILES string of the molecule is CC(C)c1cccc(-c2ccc(C=C(Cl)Cl)s2)c1. The monoisotopic (exact) mass is 296 g/mol. The standard InChI is InChI=1S/C15H14Cl2S/c1-10(2)11-4-3-5-12(8-11)14-7-6-13(18-14)9-15(16)17/h3-10H,1-2H3. The number of hydrogen-bond donors (Lipinski definition) is 0. The van der Waals surface area contributed by atoms with E-state index in [9.17, 15) is 0 Å². The van der Waals surface area contributed by atoms with E-state index in [-0.39, 0.29) is 0 Å². The third-order valence-corrected chi connectivity index (χ3v) is 4.02. The van der Waals surface area contributed by atoms with E-state index >= 15 is 0 Å². The van der Waals surface area contributed by atoms with E-state index in [0.717, 1.165) is 4.88 Å². The molecule has 0 atom stereocenters. The zero-order valence-electron chi connectivity index (χ0n) is 10.3. The van der Waals surface area contributed by atoms with Crippen molar-refractivity contribution in [2.45, 2.75) is 19.8 Å². The summed E-state index contributed by atoms with van der Waals surface area (Å²) in [7, 11) is 0. The van der Waals surface area contributed by atoms with Crippen LogP contribution < -0.4 is 0 Å². The summed E-state index contributed by atoms with van der Waals surface area (Å²) >= 11 is 13.0. The summed E-state index contributed by atoms with van der Waals surface area (Å²) in [6.07, 6.45) is 1.77. The quantitative estimate of drug-likeness (QED) is 0.622. The van der Waals surface area contributed by atoms with Crippen LogP contribution >= 0.6 is 34.5 Å². The second-order valence-electron chi connectivity index (χ2n) is 4.42. The molecule has 18 heavy (non-hydrogen) atoms. The van der Waals surface area contributed by atoms with Crippen molar-refractivity contribution in [3.8, 4) is 10.4 Å². The first-order valence-electron chi connectivity index (χ1n) is 5.79. The largest absolute Gasteiger partial charge is 0.136 e. The van der Waals surface area contributed by atoms with E-state index < -0.39 is 0 Å². The summed E-state index contributed by atoms with van der Waals surface area (Å²) in [5.41, 5.74) is 2.60. The fourth-order valence-corrected chi connectivity index (χ4v) is 3.06. The summed E-state index contributed by atoms with van der Waals surface area (Å²) in [6, 6.07) is 12.8. The average Bonchev–Trinajstić information content (AvgIpc) is 2.77. The smallest absolute Gasteiger partial charge is 0.108 e. The minimum absolute atomic E-state index is 0.291. The molecule has 0 bridgehead atoms. The predicted octanol–water partition coefficient (Wildman–Crippen LogP) is 6.31. The van der Waals surface area contributed by atoms with Crippen LogP contribution in [0.15, 0.2) is 40.9 Å². The Bertz CT molecular complexity index is 563. The van der Waals surface area contributed by atoms with E-state index in [1.807, 2.05) is 6.07 Å². The minimum atomic E-state index is 0.291. The fraction of sp³-hybridized carbons (Fsp3) is 0.200. The van der Waals surface area contributed by atoms with Gasteiger partial charge in [-0.15, -0.1) is 11.3 Å². The first-order chi connectivity index (χ1) is 8.56. The van der Waals surface area contributed by atoms with E-state index in [2.05, 4.69) is 44.2 Å². The van der Waals surface area contributed by atoms with Gasteiger partial charge in [0.15, 0.2) is 0 Å². The lowest BCUT2D eigenvalue weighted by Gasteiger charge is -2.06. The molecule has 2 aromatic rings. The second-order valence-corrected chi connectivity index (χ2v) is 6.54. The Morgan fingerprint density at radius 2 is 1.94 bits per heavy atom. The number of thiophene rings is 1. The van der Waals surface area contributed by atoms with Gasteiger partial charge >= 0.3 is 0 Å². The molecule has 0 fully saturated rings. The molecule has 1 heterocycles. The van der Waals surface area contributed by atoms with Crippen molar-refractivity contribution >= 4 is 40.6 Å². The van der Waals surface area contributed by atoms with E-state index in [0.29, 0.717) is 10.4 Å². The molecule has 0 radical (unpaired) electrons. The van der Waals surface area contributed by atoms with Crippen LogP contribution in [-0.2, 0) is 0 Å². The molecule has 3 heteroatoms. The zero-order valence-corrected chi connectivity index (χ0v) is 12.6. The summed E-state index contributed by atoms with van der Waals surface area (Å²) in [4.78, 5) is 2.30. The highest BCUT2D eigenvalue weighted by molar-refractivity contribution is 7.16. The fourth-order valence-electron chi connectivity index (χ4n) is 1.74. The number of rotatable bonds is 3. The van der Waals surface area contributed by atoms with Crippen LogP contribution in [0.25, 0.3) is 16.5 Å². The number of hydrogen-bond acceptors (Lipinski definition) is 1. The Labute approximate surface area is 122 Å². The summed E-state index contributed by atoms with van der Waals surface area (Å²) in [6.45, 7) is 4.41. The summed E-state index contributed by atoms with van der Waals surface area (Å²) in [5.74, 6) is 0.543. The molecule has 0 aliphatic heterocycles. The molecule has 1 aromatic heterocycles. The first kappa shape index (κ1) is 13.7. The molecule has 0 saturated carbocycles. The van der Waals surface area contributed by atoms with Crippen LogP contribution in [0.1, 0.15) is 30.2 Å². The van der Waals surface area contributed by atoms with Gasteiger partial charge in [0.1, 0.15) is 4.49 Å². The van der Waals surface area contributed by atoms with Crippen molar-refractivity contribution in [2.75, 3.05) is 0 Å². The van der Waals surface area contributed by atoms with Crippen LogP contribution in [0, 0.1) is 0 Å². The highest BCUT2D eigenvalue weighted by Crippen LogP contribution is 2.31. The van der Waals surface area contributed by atoms with Gasteiger partial charge in [0.05, 0.1) is 0 Å². The van der Waals surface area contributed by atoms with Gasteiger partial charge in [0.2, 0.25) is 0 Å². The molecule has 1 aromatic carbocycles. The van der Waals surface area contributed by atoms with Gasteiger partial charge < -0.3 is 0 Å². The topological polar surface area (TPSA) is 0 Å². The van der Waals surface area contributed by atoms with Gasteiger partial charge in [-0.25, -0.2) is 0 Å². The molecular weight excluding hydrogens is 283 g/mol. The van der Waals surface area contributed by atoms with Gasteiger partial charge in [-0.3, -0.25) is 0 Å². The van der Waals surface area contributed by atoms with E-state index in [4.69, 9.17) is 23.2 Å². The van der Waals surface area contributed by atoms with Crippen LogP contribution in [0.4, 0.5) is 0 Å². The highest BCUT2D eigenvalue weighted by atomic mass is 35.5. The molecule has 2 rings (SSSR count). The summed E-state index contributed by atoms with van der Waals surface area (Å²) in [5, 5.41) is 0. The van der Waals surface area contributed by atoms with Crippen LogP contribution in [0.5, 0.6) is 0 Å². The van der Waals surface area contributed by atoms with Crippen molar-refractivity contribution in [2.24, 2.45) is 0 Å². The first-order valence-corrected chi connectivity index (χ1v) is 7.36. The van der Waals surface area contributed by atoms with Gasteiger partial charge in [0, 0.05) is 9.75 Å². The van der Waals surface area contributed by atoms with Crippen LogP contribution in [-0.4, -0.2) is 0 Å². The molecule has 0 N–H and O–H groups in total. The predicted molar refractivity (Wildman–Crippen MR) is 83.5 cm³/mol. The zero-order chi connectivity index (χ0) is 13.1. The molecular formula is C15H14Cl2S. The van der Waals surface area contributed by atoms with Gasteiger partial charge in [0.25, 0.3) is 0 Å².